The van der Waals surface area contributed by atoms with Crippen molar-refractivity contribution >= 4 is 17.7 Å². The second-order valence-corrected chi connectivity index (χ2v) is 7.08. The lowest BCUT2D eigenvalue weighted by atomic mass is 10.1. The van der Waals surface area contributed by atoms with E-state index in [0.29, 0.717) is 22.3 Å². The Morgan fingerprint density at radius 3 is 2.10 bits per heavy atom. The smallest absolute Gasteiger partial charge is 0.343 e. The summed E-state index contributed by atoms with van der Waals surface area (Å²) in [5, 5.41) is 0. The first-order valence-electron chi connectivity index (χ1n) is 9.50. The first-order valence-corrected chi connectivity index (χ1v) is 9.50. The lowest BCUT2D eigenvalue weighted by Gasteiger charge is -2.12. The molecule has 0 N–H and O–H groups in total. The van der Waals surface area contributed by atoms with Crippen molar-refractivity contribution < 1.29 is 23.9 Å². The van der Waals surface area contributed by atoms with E-state index >= 15 is 0 Å². The molecule has 152 valence electrons. The second-order valence-electron chi connectivity index (χ2n) is 7.08. The number of aryl methyl sites for hydroxylation is 2. The molecule has 0 radical (unpaired) electrons. The van der Waals surface area contributed by atoms with Gasteiger partial charge >= 0.3 is 11.9 Å². The Labute approximate surface area is 175 Å². The van der Waals surface area contributed by atoms with E-state index in [1.807, 2.05) is 32.0 Å². The molecule has 0 amide bonds. The number of hydrogen-bond acceptors (Lipinski definition) is 5. The third-order valence-corrected chi connectivity index (χ3v) is 4.57. The summed E-state index contributed by atoms with van der Waals surface area (Å²) >= 11 is 0. The number of ketones is 1. The van der Waals surface area contributed by atoms with Gasteiger partial charge < -0.3 is 9.47 Å². The molecule has 3 rings (SSSR count). The predicted octanol–water partition coefficient (Wildman–Crippen LogP) is 5.08. The molecule has 30 heavy (non-hydrogen) atoms. The van der Waals surface area contributed by atoms with Crippen LogP contribution in [0.15, 0.2) is 66.7 Å². The highest BCUT2D eigenvalue weighted by atomic mass is 16.5. The fraction of sp³-hybridized carbons (Fsp3) is 0.160. The average Bonchev–Trinajstić information content (AvgIpc) is 2.73. The van der Waals surface area contributed by atoms with Gasteiger partial charge in [0, 0.05) is 11.1 Å². The number of carbonyl (C=O) groups is 3. The molecule has 5 nitrogen and oxygen atoms in total. The number of esters is 2. The molecule has 0 saturated heterocycles. The Morgan fingerprint density at radius 2 is 1.43 bits per heavy atom. The zero-order chi connectivity index (χ0) is 21.7. The van der Waals surface area contributed by atoms with Crippen molar-refractivity contribution in [2.45, 2.75) is 27.4 Å². The fourth-order valence-corrected chi connectivity index (χ4v) is 2.86. The number of ether oxygens (including phenoxy) is 2. The van der Waals surface area contributed by atoms with Crippen LogP contribution in [0.4, 0.5) is 0 Å². The Bertz CT molecular complexity index is 1100. The molecule has 0 aliphatic heterocycles. The lowest BCUT2D eigenvalue weighted by molar-refractivity contribution is 0.0469. The van der Waals surface area contributed by atoms with Crippen LogP contribution in [0, 0.1) is 13.8 Å². The van der Waals surface area contributed by atoms with Gasteiger partial charge in [0.1, 0.15) is 12.4 Å². The molecule has 0 spiro atoms. The fourth-order valence-electron chi connectivity index (χ4n) is 2.86. The van der Waals surface area contributed by atoms with E-state index in [2.05, 4.69) is 0 Å². The van der Waals surface area contributed by atoms with Gasteiger partial charge in [-0.25, -0.2) is 9.59 Å². The predicted molar refractivity (Wildman–Crippen MR) is 113 cm³/mol. The van der Waals surface area contributed by atoms with Crippen LogP contribution in [0.2, 0.25) is 0 Å². The van der Waals surface area contributed by atoms with Crippen LogP contribution in [0.25, 0.3) is 0 Å². The first-order chi connectivity index (χ1) is 14.3. The second kappa shape index (κ2) is 9.18. The Morgan fingerprint density at radius 1 is 0.733 bits per heavy atom. The maximum absolute atomic E-state index is 12.5. The topological polar surface area (TPSA) is 69.7 Å². The Balaban J connectivity index is 1.81. The van der Waals surface area contributed by atoms with E-state index in [4.69, 9.17) is 9.47 Å². The third-order valence-electron chi connectivity index (χ3n) is 4.57. The quantitative estimate of drug-likeness (QED) is 0.327. The molecular weight excluding hydrogens is 380 g/mol. The SMILES string of the molecule is CC(=O)c1ccc(OC(=O)c2cccc(C)c2)c(COC(=O)c2ccc(C)cc2)c1. The molecule has 0 aromatic heterocycles. The molecule has 0 bridgehead atoms. The van der Waals surface area contributed by atoms with Crippen molar-refractivity contribution in [1.29, 1.82) is 0 Å². The number of Topliss-reactive ketones (excluding diaryl/α,β-unsaturated/α-hetero) is 1. The Hall–Kier alpha value is -3.73. The van der Waals surface area contributed by atoms with E-state index in [0.717, 1.165) is 11.1 Å². The Kier molecular flexibility index (Phi) is 6.42. The van der Waals surface area contributed by atoms with E-state index < -0.39 is 11.9 Å². The van der Waals surface area contributed by atoms with Crippen LogP contribution < -0.4 is 4.74 Å². The van der Waals surface area contributed by atoms with Crippen LogP contribution in [0.3, 0.4) is 0 Å². The number of hydrogen-bond donors (Lipinski definition) is 0. The van der Waals surface area contributed by atoms with Gasteiger partial charge in [0.2, 0.25) is 0 Å². The zero-order valence-electron chi connectivity index (χ0n) is 17.1. The van der Waals surface area contributed by atoms with Crippen molar-refractivity contribution in [2.75, 3.05) is 0 Å². The third kappa shape index (κ3) is 5.20. The molecule has 0 heterocycles. The van der Waals surface area contributed by atoms with Crippen LogP contribution >= 0.6 is 0 Å². The molecular formula is C25H22O5. The molecule has 0 aliphatic carbocycles. The number of carbonyl (C=O) groups excluding carboxylic acids is 3. The van der Waals surface area contributed by atoms with Gasteiger partial charge in [-0.2, -0.15) is 0 Å². The molecule has 3 aromatic rings. The van der Waals surface area contributed by atoms with Gasteiger partial charge in [-0.1, -0.05) is 35.4 Å². The molecule has 0 aliphatic rings. The van der Waals surface area contributed by atoms with Gasteiger partial charge in [0.15, 0.2) is 5.78 Å². The molecule has 0 atom stereocenters. The number of benzene rings is 3. The van der Waals surface area contributed by atoms with Crippen LogP contribution in [-0.2, 0) is 11.3 Å². The minimum absolute atomic E-state index is 0.135. The summed E-state index contributed by atoms with van der Waals surface area (Å²) in [4.78, 5) is 36.6. The molecule has 0 fully saturated rings. The van der Waals surface area contributed by atoms with Gasteiger partial charge in [-0.3, -0.25) is 4.79 Å². The highest BCUT2D eigenvalue weighted by Gasteiger charge is 2.16. The van der Waals surface area contributed by atoms with Crippen molar-refractivity contribution in [1.82, 2.24) is 0 Å². The van der Waals surface area contributed by atoms with Crippen LogP contribution in [0.5, 0.6) is 5.75 Å². The van der Waals surface area contributed by atoms with Crippen molar-refractivity contribution in [3.63, 3.8) is 0 Å². The van der Waals surface area contributed by atoms with Crippen LogP contribution in [-0.4, -0.2) is 17.7 Å². The first kappa shape index (κ1) is 21.0. The monoisotopic (exact) mass is 402 g/mol. The minimum atomic E-state index is -0.527. The van der Waals surface area contributed by atoms with Crippen LogP contribution in [0.1, 0.15) is 54.7 Å². The lowest BCUT2D eigenvalue weighted by Crippen LogP contribution is -2.12. The van der Waals surface area contributed by atoms with E-state index in [1.165, 1.54) is 6.92 Å². The molecule has 0 unspecified atom stereocenters. The van der Waals surface area contributed by atoms with Gasteiger partial charge in [0.05, 0.1) is 11.1 Å². The molecule has 3 aromatic carbocycles. The maximum Gasteiger partial charge on any atom is 0.343 e. The highest BCUT2D eigenvalue weighted by Crippen LogP contribution is 2.24. The summed E-state index contributed by atoms with van der Waals surface area (Å²) in [6, 6.07) is 18.7. The highest BCUT2D eigenvalue weighted by molar-refractivity contribution is 5.95. The average molecular weight is 402 g/mol. The van der Waals surface area contributed by atoms with Gasteiger partial charge in [0.25, 0.3) is 0 Å². The van der Waals surface area contributed by atoms with Crippen molar-refractivity contribution in [3.8, 4) is 5.75 Å². The van der Waals surface area contributed by atoms with Gasteiger partial charge in [-0.05, 0) is 63.2 Å². The zero-order valence-corrected chi connectivity index (χ0v) is 17.1. The summed E-state index contributed by atoms with van der Waals surface area (Å²) in [7, 11) is 0. The van der Waals surface area contributed by atoms with Crippen molar-refractivity contribution in [2.24, 2.45) is 0 Å². The normalized spacial score (nSPS) is 10.4. The van der Waals surface area contributed by atoms with E-state index in [9.17, 15) is 14.4 Å². The summed E-state index contributed by atoms with van der Waals surface area (Å²) in [5.41, 5.74) is 3.67. The molecule has 0 saturated carbocycles. The standard InChI is InChI=1S/C25H22O5/c1-16-7-9-19(10-8-16)24(27)29-15-22-14-20(18(3)26)11-12-23(22)30-25(28)21-6-4-5-17(2)13-21/h4-14H,15H2,1-3H3. The summed E-state index contributed by atoms with van der Waals surface area (Å²) in [5.74, 6) is -0.930. The van der Waals surface area contributed by atoms with Crippen molar-refractivity contribution in [3.05, 3.63) is 100 Å². The molecule has 5 heteroatoms. The minimum Gasteiger partial charge on any atom is -0.457 e. The van der Waals surface area contributed by atoms with E-state index in [-0.39, 0.29) is 18.1 Å². The maximum atomic E-state index is 12.5. The number of rotatable bonds is 6. The van der Waals surface area contributed by atoms with E-state index in [1.54, 1.807) is 48.5 Å². The van der Waals surface area contributed by atoms with Gasteiger partial charge in [-0.15, -0.1) is 0 Å². The largest absolute Gasteiger partial charge is 0.457 e. The summed E-state index contributed by atoms with van der Waals surface area (Å²) < 4.78 is 10.9. The summed E-state index contributed by atoms with van der Waals surface area (Å²) in [6.45, 7) is 5.12. The summed E-state index contributed by atoms with van der Waals surface area (Å²) in [6.07, 6.45) is 0.